The van der Waals surface area contributed by atoms with E-state index >= 15 is 0 Å². The van der Waals surface area contributed by atoms with Gasteiger partial charge in [-0.1, -0.05) is 49.4 Å². The number of benzene rings is 3. The van der Waals surface area contributed by atoms with Crippen molar-refractivity contribution in [2.75, 3.05) is 38.9 Å². The molecule has 3 aromatic rings. The second-order valence-electron chi connectivity index (χ2n) is 10.4. The second kappa shape index (κ2) is 12.0. The monoisotopic (exact) mass is 545 g/mol. The first-order chi connectivity index (χ1) is 19.4. The zero-order valence-corrected chi connectivity index (χ0v) is 23.0. The molecule has 40 heavy (non-hydrogen) atoms. The molecule has 0 bridgehead atoms. The lowest BCUT2D eigenvalue weighted by atomic mass is 9.94. The summed E-state index contributed by atoms with van der Waals surface area (Å²) in [5, 5.41) is 12.9. The third kappa shape index (κ3) is 5.76. The maximum Gasteiger partial charge on any atom is 0.321 e. The van der Waals surface area contributed by atoms with Crippen LogP contribution in [0.15, 0.2) is 66.7 Å². The van der Waals surface area contributed by atoms with Crippen LogP contribution < -0.4 is 14.8 Å². The molecule has 5 rings (SSSR count). The summed E-state index contributed by atoms with van der Waals surface area (Å²) in [4.78, 5) is 30.3. The number of anilines is 1. The molecule has 0 saturated carbocycles. The smallest absolute Gasteiger partial charge is 0.321 e. The molecule has 210 valence electrons. The maximum absolute atomic E-state index is 13.9. The molecule has 3 aromatic carbocycles. The van der Waals surface area contributed by atoms with Gasteiger partial charge in [0, 0.05) is 43.4 Å². The fourth-order valence-electron chi connectivity index (χ4n) is 5.10. The number of hydrogen-bond donors (Lipinski definition) is 2. The highest BCUT2D eigenvalue weighted by atomic mass is 16.7. The van der Waals surface area contributed by atoms with E-state index in [0.717, 1.165) is 16.7 Å². The SMILES string of the molecule is C[C@@H]1CN([C@H](C)CO)C(=O)c2ccccc2-c2ccccc2CO[C@@H]1CN(C)C(=O)Nc1ccc2c(c1)OCO2. The summed E-state index contributed by atoms with van der Waals surface area (Å²) in [6.07, 6.45) is -0.386. The van der Waals surface area contributed by atoms with Crippen LogP contribution in [0.1, 0.15) is 29.8 Å². The van der Waals surface area contributed by atoms with Crippen molar-refractivity contribution in [3.8, 4) is 22.6 Å². The van der Waals surface area contributed by atoms with Crippen molar-refractivity contribution >= 4 is 17.6 Å². The van der Waals surface area contributed by atoms with E-state index < -0.39 is 6.04 Å². The standard InChI is InChI=1S/C31H35N3O6/c1-20-15-34(21(2)17-35)30(36)26-11-7-6-10-25(26)24-9-5-4-8-22(24)18-38-29(20)16-33(3)31(37)32-23-12-13-27-28(14-23)40-19-39-27/h4-14,20-21,29,35H,15-19H2,1-3H3,(H,32,37)/t20-,21-,29-/m1/s1. The molecule has 0 spiro atoms. The van der Waals surface area contributed by atoms with Gasteiger partial charge >= 0.3 is 6.03 Å². The lowest BCUT2D eigenvalue weighted by Crippen LogP contribution is -2.48. The summed E-state index contributed by atoms with van der Waals surface area (Å²) in [7, 11) is 1.71. The van der Waals surface area contributed by atoms with Gasteiger partial charge < -0.3 is 34.4 Å². The molecule has 9 heteroatoms. The van der Waals surface area contributed by atoms with Crippen LogP contribution in [-0.2, 0) is 11.3 Å². The molecule has 2 aliphatic heterocycles. The van der Waals surface area contributed by atoms with Crippen molar-refractivity contribution in [3.05, 3.63) is 77.9 Å². The first-order valence-corrected chi connectivity index (χ1v) is 13.5. The predicted octanol–water partition coefficient (Wildman–Crippen LogP) is 4.60. The van der Waals surface area contributed by atoms with Gasteiger partial charge in [-0.3, -0.25) is 4.79 Å². The Bertz CT molecular complexity index is 1380. The number of amides is 3. The number of fused-ring (bicyclic) bond motifs is 4. The van der Waals surface area contributed by atoms with Crippen LogP contribution in [0.3, 0.4) is 0 Å². The number of aliphatic hydroxyl groups is 1. The molecule has 3 atom stereocenters. The zero-order chi connectivity index (χ0) is 28.2. The predicted molar refractivity (Wildman–Crippen MR) is 151 cm³/mol. The summed E-state index contributed by atoms with van der Waals surface area (Å²) in [5.41, 5.74) is 3.88. The largest absolute Gasteiger partial charge is 0.454 e. The van der Waals surface area contributed by atoms with Gasteiger partial charge in [0.25, 0.3) is 5.91 Å². The summed E-state index contributed by atoms with van der Waals surface area (Å²) in [6.45, 7) is 4.80. The number of aliphatic hydroxyl groups excluding tert-OH is 1. The van der Waals surface area contributed by atoms with Crippen molar-refractivity contribution in [2.45, 2.75) is 32.6 Å². The Hall–Kier alpha value is -4.08. The number of rotatable bonds is 5. The van der Waals surface area contributed by atoms with E-state index in [1.54, 1.807) is 35.0 Å². The van der Waals surface area contributed by atoms with E-state index in [4.69, 9.17) is 14.2 Å². The number of carbonyl (C=O) groups excluding carboxylic acids is 2. The first kappa shape index (κ1) is 27.5. The summed E-state index contributed by atoms with van der Waals surface area (Å²) in [5.74, 6) is 0.942. The lowest BCUT2D eigenvalue weighted by Gasteiger charge is -2.35. The van der Waals surface area contributed by atoms with Crippen LogP contribution >= 0.6 is 0 Å². The molecule has 0 radical (unpaired) electrons. The average molecular weight is 546 g/mol. The van der Waals surface area contributed by atoms with Crippen LogP contribution in [0.25, 0.3) is 11.1 Å². The van der Waals surface area contributed by atoms with Gasteiger partial charge in [0.05, 0.1) is 25.4 Å². The number of likely N-dealkylation sites (N-methyl/N-ethyl adjacent to an activating group) is 1. The molecule has 0 fully saturated rings. The molecule has 9 nitrogen and oxygen atoms in total. The van der Waals surface area contributed by atoms with E-state index in [9.17, 15) is 14.7 Å². The van der Waals surface area contributed by atoms with Gasteiger partial charge in [-0.25, -0.2) is 4.79 Å². The molecule has 0 unspecified atom stereocenters. The molecule has 3 amide bonds. The Morgan fingerprint density at radius 3 is 2.52 bits per heavy atom. The summed E-state index contributed by atoms with van der Waals surface area (Å²) >= 11 is 0. The van der Waals surface area contributed by atoms with Gasteiger partial charge in [-0.2, -0.15) is 0 Å². The molecule has 0 aromatic heterocycles. The van der Waals surface area contributed by atoms with Gasteiger partial charge in [0.1, 0.15) is 0 Å². The van der Waals surface area contributed by atoms with E-state index in [1.165, 1.54) is 0 Å². The number of nitrogens with zero attached hydrogens (tertiary/aromatic N) is 2. The van der Waals surface area contributed by atoms with Crippen LogP contribution in [-0.4, -0.2) is 72.5 Å². The van der Waals surface area contributed by atoms with E-state index in [0.29, 0.717) is 42.4 Å². The molecular formula is C31H35N3O6. The second-order valence-corrected chi connectivity index (χ2v) is 10.4. The molecule has 0 aliphatic carbocycles. The number of hydrogen-bond acceptors (Lipinski definition) is 6. The van der Waals surface area contributed by atoms with Crippen molar-refractivity contribution in [1.82, 2.24) is 9.80 Å². The van der Waals surface area contributed by atoms with Crippen LogP contribution in [0.2, 0.25) is 0 Å². The highest BCUT2D eigenvalue weighted by Gasteiger charge is 2.31. The highest BCUT2D eigenvalue weighted by Crippen LogP contribution is 2.34. The summed E-state index contributed by atoms with van der Waals surface area (Å²) < 4.78 is 17.3. The Labute approximate surface area is 234 Å². The fourth-order valence-corrected chi connectivity index (χ4v) is 5.10. The molecular weight excluding hydrogens is 510 g/mol. The molecule has 2 N–H and O–H groups in total. The topological polar surface area (TPSA) is 101 Å². The lowest BCUT2D eigenvalue weighted by molar-refractivity contribution is -0.0178. The molecule has 0 saturated heterocycles. The summed E-state index contributed by atoms with van der Waals surface area (Å²) in [6, 6.07) is 20.0. The highest BCUT2D eigenvalue weighted by molar-refractivity contribution is 6.01. The molecule has 2 heterocycles. The number of carbonyl (C=O) groups is 2. The minimum absolute atomic E-state index is 0.142. The minimum Gasteiger partial charge on any atom is -0.454 e. The number of urea groups is 1. The first-order valence-electron chi connectivity index (χ1n) is 13.5. The average Bonchev–Trinajstić information content (AvgIpc) is 3.44. The quantitative estimate of drug-likeness (QED) is 0.486. The van der Waals surface area contributed by atoms with Crippen LogP contribution in [0.4, 0.5) is 10.5 Å². The van der Waals surface area contributed by atoms with Gasteiger partial charge in [-0.05, 0) is 41.8 Å². The van der Waals surface area contributed by atoms with Crippen molar-refractivity contribution < 1.29 is 28.9 Å². The van der Waals surface area contributed by atoms with E-state index in [-0.39, 0.29) is 37.4 Å². The normalized spacial score (nSPS) is 19.2. The van der Waals surface area contributed by atoms with Crippen molar-refractivity contribution in [1.29, 1.82) is 0 Å². The Morgan fingerprint density at radius 2 is 1.75 bits per heavy atom. The van der Waals surface area contributed by atoms with Gasteiger partial charge in [0.2, 0.25) is 6.79 Å². The Balaban J connectivity index is 1.41. The number of ether oxygens (including phenoxy) is 3. The van der Waals surface area contributed by atoms with Crippen LogP contribution in [0, 0.1) is 5.92 Å². The minimum atomic E-state index is -0.397. The van der Waals surface area contributed by atoms with Crippen molar-refractivity contribution in [3.63, 3.8) is 0 Å². The Kier molecular flexibility index (Phi) is 8.23. The zero-order valence-electron chi connectivity index (χ0n) is 23.0. The third-order valence-corrected chi connectivity index (χ3v) is 7.52. The van der Waals surface area contributed by atoms with Gasteiger partial charge in [-0.15, -0.1) is 0 Å². The molecule has 2 aliphatic rings. The fraction of sp³-hybridized carbons (Fsp3) is 0.355. The van der Waals surface area contributed by atoms with E-state index in [1.807, 2.05) is 62.4 Å². The van der Waals surface area contributed by atoms with E-state index in [2.05, 4.69) is 5.32 Å². The number of nitrogens with one attached hydrogen (secondary N) is 1. The third-order valence-electron chi connectivity index (χ3n) is 7.52. The van der Waals surface area contributed by atoms with Crippen LogP contribution in [0.5, 0.6) is 11.5 Å². The van der Waals surface area contributed by atoms with Crippen molar-refractivity contribution in [2.24, 2.45) is 5.92 Å². The Morgan fingerprint density at radius 1 is 1.05 bits per heavy atom. The maximum atomic E-state index is 13.9. The van der Waals surface area contributed by atoms with Gasteiger partial charge in [0.15, 0.2) is 11.5 Å².